The summed E-state index contributed by atoms with van der Waals surface area (Å²) in [6.45, 7) is 0. The lowest BCUT2D eigenvalue weighted by molar-refractivity contribution is 0.0950. The molecule has 1 amide bonds. The van der Waals surface area contributed by atoms with Crippen molar-refractivity contribution in [2.75, 3.05) is 0 Å². The average Bonchev–Trinajstić information content (AvgIpc) is 3.19. The number of hydrogen-bond donors (Lipinski definition) is 2. The van der Waals surface area contributed by atoms with Gasteiger partial charge < -0.3 is 0 Å². The predicted octanol–water partition coefficient (Wildman–Crippen LogP) is 3.39. The minimum atomic E-state index is -0.352. The van der Waals surface area contributed by atoms with E-state index < -0.39 is 0 Å². The zero-order chi connectivity index (χ0) is 17.8. The van der Waals surface area contributed by atoms with E-state index in [-0.39, 0.29) is 5.91 Å². The summed E-state index contributed by atoms with van der Waals surface area (Å²) in [6, 6.07) is 19.5. The highest BCUT2D eigenvalue weighted by Crippen LogP contribution is 2.23. The standard InChI is InChI=1S/C20H15N5O/c26-20(25-22-13-14-7-9-21-10-8-14)19-12-18(23-24-19)17-6-5-15-3-1-2-4-16(15)11-17/h1-13H,(H,23,24)(H,25,26). The number of rotatable bonds is 4. The molecule has 4 rings (SSSR count). The topological polar surface area (TPSA) is 83.0 Å². The maximum atomic E-state index is 12.2. The van der Waals surface area contributed by atoms with Gasteiger partial charge >= 0.3 is 0 Å². The number of H-pyrrole nitrogens is 1. The third-order valence-electron chi connectivity index (χ3n) is 3.95. The molecule has 6 heteroatoms. The fraction of sp³-hybridized carbons (Fsp3) is 0. The van der Waals surface area contributed by atoms with Crippen LogP contribution in [0.1, 0.15) is 16.1 Å². The number of pyridine rings is 1. The Morgan fingerprint density at radius 1 is 1.00 bits per heavy atom. The normalized spacial score (nSPS) is 11.1. The van der Waals surface area contributed by atoms with E-state index in [0.29, 0.717) is 11.4 Å². The fourth-order valence-corrected chi connectivity index (χ4v) is 2.61. The van der Waals surface area contributed by atoms with Gasteiger partial charge in [0.1, 0.15) is 5.69 Å². The highest BCUT2D eigenvalue weighted by Gasteiger charge is 2.10. The van der Waals surface area contributed by atoms with Crippen LogP contribution in [0.25, 0.3) is 22.0 Å². The van der Waals surface area contributed by atoms with Gasteiger partial charge in [0.2, 0.25) is 0 Å². The summed E-state index contributed by atoms with van der Waals surface area (Å²) in [5.74, 6) is -0.352. The van der Waals surface area contributed by atoms with Gasteiger partial charge in [-0.3, -0.25) is 14.9 Å². The Hall–Kier alpha value is -3.80. The third kappa shape index (κ3) is 3.34. The van der Waals surface area contributed by atoms with Crippen LogP contribution in [0.5, 0.6) is 0 Å². The van der Waals surface area contributed by atoms with E-state index in [1.807, 2.05) is 30.3 Å². The van der Waals surface area contributed by atoms with Crippen molar-refractivity contribution in [2.45, 2.75) is 0 Å². The second kappa shape index (κ2) is 6.98. The first-order valence-corrected chi connectivity index (χ1v) is 8.07. The number of carbonyl (C=O) groups excluding carboxylic acids is 1. The van der Waals surface area contributed by atoms with E-state index in [0.717, 1.165) is 21.9 Å². The van der Waals surface area contributed by atoms with Crippen molar-refractivity contribution in [3.63, 3.8) is 0 Å². The molecule has 0 aliphatic rings. The van der Waals surface area contributed by atoms with E-state index in [1.165, 1.54) is 0 Å². The van der Waals surface area contributed by atoms with Crippen LogP contribution in [0.15, 0.2) is 78.2 Å². The van der Waals surface area contributed by atoms with Crippen LogP contribution in [0, 0.1) is 0 Å². The first-order chi connectivity index (χ1) is 12.8. The maximum absolute atomic E-state index is 12.2. The Balaban J connectivity index is 1.49. The van der Waals surface area contributed by atoms with Crippen LogP contribution in [-0.2, 0) is 0 Å². The summed E-state index contributed by atoms with van der Waals surface area (Å²) in [7, 11) is 0. The van der Waals surface area contributed by atoms with E-state index >= 15 is 0 Å². The number of benzene rings is 2. The molecule has 0 saturated carbocycles. The molecule has 0 bridgehead atoms. The van der Waals surface area contributed by atoms with E-state index in [2.05, 4.69) is 37.8 Å². The van der Waals surface area contributed by atoms with Crippen LogP contribution >= 0.6 is 0 Å². The number of nitrogens with zero attached hydrogens (tertiary/aromatic N) is 3. The Bertz CT molecular complexity index is 1090. The van der Waals surface area contributed by atoms with E-state index in [4.69, 9.17) is 0 Å². The molecule has 2 heterocycles. The maximum Gasteiger partial charge on any atom is 0.289 e. The second-order valence-corrected chi connectivity index (χ2v) is 5.71. The molecule has 26 heavy (non-hydrogen) atoms. The molecule has 6 nitrogen and oxygen atoms in total. The van der Waals surface area contributed by atoms with E-state index in [1.54, 1.807) is 36.8 Å². The minimum absolute atomic E-state index is 0.347. The smallest absolute Gasteiger partial charge is 0.272 e. The Labute approximate surface area is 149 Å². The van der Waals surface area contributed by atoms with Crippen molar-refractivity contribution in [1.29, 1.82) is 0 Å². The Morgan fingerprint density at radius 2 is 1.81 bits per heavy atom. The van der Waals surface area contributed by atoms with Gasteiger partial charge in [-0.2, -0.15) is 10.2 Å². The fourth-order valence-electron chi connectivity index (χ4n) is 2.61. The van der Waals surface area contributed by atoms with Gasteiger partial charge in [-0.15, -0.1) is 0 Å². The van der Waals surface area contributed by atoms with Crippen molar-refractivity contribution in [1.82, 2.24) is 20.6 Å². The number of aromatic nitrogens is 3. The van der Waals surface area contributed by atoms with Gasteiger partial charge in [-0.1, -0.05) is 36.4 Å². The second-order valence-electron chi connectivity index (χ2n) is 5.71. The molecule has 0 spiro atoms. The summed E-state index contributed by atoms with van der Waals surface area (Å²) in [6.07, 6.45) is 4.88. The van der Waals surface area contributed by atoms with Crippen molar-refractivity contribution >= 4 is 22.9 Å². The molecule has 0 fully saturated rings. The summed E-state index contributed by atoms with van der Waals surface area (Å²) in [5.41, 5.74) is 5.33. The highest BCUT2D eigenvalue weighted by atomic mass is 16.2. The minimum Gasteiger partial charge on any atom is -0.272 e. The molecular formula is C20H15N5O. The summed E-state index contributed by atoms with van der Waals surface area (Å²) in [5, 5.41) is 13.2. The third-order valence-corrected chi connectivity index (χ3v) is 3.95. The monoisotopic (exact) mass is 341 g/mol. The van der Waals surface area contributed by atoms with Crippen LogP contribution in [0.2, 0.25) is 0 Å². The summed E-state index contributed by atoms with van der Waals surface area (Å²) in [4.78, 5) is 16.1. The molecular weight excluding hydrogens is 326 g/mol. The lowest BCUT2D eigenvalue weighted by Crippen LogP contribution is -2.17. The number of aromatic amines is 1. The Morgan fingerprint density at radius 3 is 2.65 bits per heavy atom. The summed E-state index contributed by atoms with van der Waals surface area (Å²) >= 11 is 0. The van der Waals surface area contributed by atoms with Crippen molar-refractivity contribution < 1.29 is 4.79 Å². The molecule has 0 unspecified atom stereocenters. The van der Waals surface area contributed by atoms with Gasteiger partial charge in [-0.25, -0.2) is 5.43 Å². The zero-order valence-electron chi connectivity index (χ0n) is 13.8. The molecule has 2 N–H and O–H groups in total. The molecule has 0 saturated heterocycles. The molecule has 0 aliphatic heterocycles. The van der Waals surface area contributed by atoms with Crippen LogP contribution in [0.4, 0.5) is 0 Å². The van der Waals surface area contributed by atoms with Gasteiger partial charge in [0.15, 0.2) is 0 Å². The van der Waals surface area contributed by atoms with Gasteiger partial charge in [0, 0.05) is 18.0 Å². The van der Waals surface area contributed by atoms with Gasteiger partial charge in [-0.05, 0) is 40.6 Å². The highest BCUT2D eigenvalue weighted by molar-refractivity contribution is 5.94. The predicted molar refractivity (Wildman–Crippen MR) is 101 cm³/mol. The number of amides is 1. The van der Waals surface area contributed by atoms with Crippen LogP contribution < -0.4 is 5.43 Å². The van der Waals surface area contributed by atoms with Gasteiger partial charge in [0.05, 0.1) is 11.9 Å². The van der Waals surface area contributed by atoms with Crippen LogP contribution in [0.3, 0.4) is 0 Å². The van der Waals surface area contributed by atoms with Crippen LogP contribution in [-0.4, -0.2) is 27.3 Å². The first-order valence-electron chi connectivity index (χ1n) is 8.07. The molecule has 2 aromatic heterocycles. The first kappa shape index (κ1) is 15.7. The lowest BCUT2D eigenvalue weighted by atomic mass is 10.1. The molecule has 126 valence electrons. The summed E-state index contributed by atoms with van der Waals surface area (Å²) < 4.78 is 0. The zero-order valence-corrected chi connectivity index (χ0v) is 13.8. The molecule has 0 radical (unpaired) electrons. The SMILES string of the molecule is O=C(NN=Cc1ccncc1)c1cc(-c2ccc3ccccc3c2)n[nH]1. The molecule has 2 aromatic carbocycles. The lowest BCUT2D eigenvalue weighted by Gasteiger charge is -2.00. The largest absolute Gasteiger partial charge is 0.289 e. The molecule has 0 aliphatic carbocycles. The van der Waals surface area contributed by atoms with Crippen molar-refractivity contribution in [3.8, 4) is 11.3 Å². The number of fused-ring (bicyclic) bond motifs is 1. The molecule has 0 atom stereocenters. The Kier molecular flexibility index (Phi) is 4.22. The van der Waals surface area contributed by atoms with Crippen molar-refractivity contribution in [2.24, 2.45) is 5.10 Å². The number of carbonyl (C=O) groups is 1. The van der Waals surface area contributed by atoms with E-state index in [9.17, 15) is 4.79 Å². The molecule has 4 aromatic rings. The van der Waals surface area contributed by atoms with Gasteiger partial charge in [0.25, 0.3) is 5.91 Å². The quantitative estimate of drug-likeness (QED) is 0.441. The van der Waals surface area contributed by atoms with Crippen molar-refractivity contribution in [3.05, 3.63) is 84.3 Å². The number of nitrogens with one attached hydrogen (secondary N) is 2. The average molecular weight is 341 g/mol. The number of hydrazone groups is 1. The number of hydrogen-bond acceptors (Lipinski definition) is 4.